The zero-order valence-electron chi connectivity index (χ0n) is 20.7. The van der Waals surface area contributed by atoms with Gasteiger partial charge in [-0.2, -0.15) is 0 Å². The van der Waals surface area contributed by atoms with Gasteiger partial charge in [-0.3, -0.25) is 0 Å². The molecule has 0 radical (unpaired) electrons. The van der Waals surface area contributed by atoms with Crippen LogP contribution in [0.25, 0.3) is 0 Å². The number of rotatable bonds is 7. The lowest BCUT2D eigenvalue weighted by atomic mass is 9.67. The molecule has 0 unspecified atom stereocenters. The van der Waals surface area contributed by atoms with Gasteiger partial charge in [0.25, 0.3) is 0 Å². The number of carbonyl (C=O) groups excluding carboxylic acids is 1. The Morgan fingerprint density at radius 2 is 1.97 bits per heavy atom. The van der Waals surface area contributed by atoms with E-state index in [1.54, 1.807) is 0 Å². The first-order chi connectivity index (χ1) is 14.5. The lowest BCUT2D eigenvalue weighted by Gasteiger charge is -2.47. The number of esters is 1. The van der Waals surface area contributed by atoms with Crippen LogP contribution < -0.4 is 9.16 Å². The molecule has 1 heterocycles. The summed E-state index contributed by atoms with van der Waals surface area (Å²) >= 11 is 0. The second-order valence-corrected chi connectivity index (χ2v) is 15.1. The van der Waals surface area contributed by atoms with Crippen molar-refractivity contribution in [3.63, 3.8) is 0 Å². The minimum atomic E-state index is -2.00. The Morgan fingerprint density at radius 1 is 1.26 bits per heavy atom. The van der Waals surface area contributed by atoms with Crippen LogP contribution in [0.15, 0.2) is 17.7 Å². The average Bonchev–Trinajstić information content (AvgIpc) is 2.65. The van der Waals surface area contributed by atoms with E-state index < -0.39 is 8.32 Å². The number of ether oxygens (including phenoxy) is 2. The van der Waals surface area contributed by atoms with Gasteiger partial charge >= 0.3 is 5.97 Å². The molecule has 5 heteroatoms. The maximum atomic E-state index is 13.1. The van der Waals surface area contributed by atoms with Crippen LogP contribution in [0.3, 0.4) is 0 Å². The number of aryl methyl sites for hydroxylation is 1. The van der Waals surface area contributed by atoms with Crippen LogP contribution in [0.4, 0.5) is 0 Å². The molecule has 0 fully saturated rings. The number of allylic oxidation sites excluding steroid dienone is 2. The van der Waals surface area contributed by atoms with E-state index in [2.05, 4.69) is 59.5 Å². The van der Waals surface area contributed by atoms with E-state index in [1.807, 2.05) is 0 Å². The van der Waals surface area contributed by atoms with E-state index in [1.165, 1.54) is 12.7 Å². The zero-order valence-corrected chi connectivity index (χ0v) is 21.7. The van der Waals surface area contributed by atoms with Gasteiger partial charge in [0.05, 0.1) is 7.11 Å². The van der Waals surface area contributed by atoms with Crippen molar-refractivity contribution >= 4 is 14.3 Å². The van der Waals surface area contributed by atoms with Gasteiger partial charge in [-0.25, -0.2) is 4.79 Å². The Hall–Kier alpha value is -1.75. The summed E-state index contributed by atoms with van der Waals surface area (Å²) in [5.74, 6) is 1.83. The van der Waals surface area contributed by atoms with Crippen molar-refractivity contribution in [2.75, 3.05) is 7.11 Å². The average molecular weight is 445 g/mol. The summed E-state index contributed by atoms with van der Waals surface area (Å²) in [7, 11) is -0.540. The van der Waals surface area contributed by atoms with Gasteiger partial charge in [0.15, 0.2) is 0 Å². The molecule has 31 heavy (non-hydrogen) atoms. The van der Waals surface area contributed by atoms with Crippen molar-refractivity contribution in [3.8, 4) is 11.5 Å². The summed E-state index contributed by atoms with van der Waals surface area (Å²) in [5, 5.41) is 0. The monoisotopic (exact) mass is 444 g/mol. The summed E-state index contributed by atoms with van der Waals surface area (Å²) < 4.78 is 18.6. The number of benzene rings is 1. The van der Waals surface area contributed by atoms with Gasteiger partial charge in [-0.05, 0) is 77.7 Å². The number of hydrogen-bond acceptors (Lipinski definition) is 4. The summed E-state index contributed by atoms with van der Waals surface area (Å²) in [6.07, 6.45) is 8.66. The Bertz CT molecular complexity index is 863. The molecule has 0 saturated heterocycles. The smallest absolute Gasteiger partial charge is 0.341 e. The third-order valence-corrected chi connectivity index (χ3v) is 7.37. The highest BCUT2D eigenvalue weighted by Crippen LogP contribution is 2.55. The first-order valence-electron chi connectivity index (χ1n) is 11.8. The Morgan fingerprint density at radius 3 is 2.58 bits per heavy atom. The van der Waals surface area contributed by atoms with Crippen molar-refractivity contribution < 1.29 is 18.7 Å². The fourth-order valence-electron chi connectivity index (χ4n) is 5.09. The Labute approximate surface area is 189 Å². The normalized spacial score (nSPS) is 22.0. The highest BCUT2D eigenvalue weighted by Gasteiger charge is 2.47. The number of methoxy groups -OCH3 is 1. The molecule has 0 bridgehead atoms. The minimum absolute atomic E-state index is 0.187. The summed E-state index contributed by atoms with van der Waals surface area (Å²) in [6.45, 7) is 15.3. The van der Waals surface area contributed by atoms with Crippen molar-refractivity contribution in [1.82, 2.24) is 0 Å². The van der Waals surface area contributed by atoms with Gasteiger partial charge in [0.1, 0.15) is 22.7 Å². The van der Waals surface area contributed by atoms with Crippen LogP contribution in [0.5, 0.6) is 11.5 Å². The van der Waals surface area contributed by atoms with Crippen LogP contribution >= 0.6 is 0 Å². The lowest BCUT2D eigenvalue weighted by Crippen LogP contribution is -2.46. The van der Waals surface area contributed by atoms with Gasteiger partial charge in [0.2, 0.25) is 8.32 Å². The van der Waals surface area contributed by atoms with Crippen LogP contribution in [0, 0.1) is 5.92 Å². The van der Waals surface area contributed by atoms with Crippen LogP contribution in [0.2, 0.25) is 19.6 Å². The molecule has 0 spiro atoms. The number of carbonyl (C=O) groups is 1. The number of fused-ring (bicyclic) bond motifs is 3. The van der Waals surface area contributed by atoms with E-state index in [0.717, 1.165) is 55.4 Å². The molecule has 1 aliphatic carbocycles. The highest BCUT2D eigenvalue weighted by atomic mass is 28.4. The molecule has 1 aliphatic heterocycles. The molecule has 1 aromatic rings. The minimum Gasteiger partial charge on any atom is -0.543 e. The van der Waals surface area contributed by atoms with E-state index >= 15 is 0 Å². The quantitative estimate of drug-likeness (QED) is 0.196. The van der Waals surface area contributed by atoms with E-state index in [0.29, 0.717) is 17.2 Å². The zero-order chi connectivity index (χ0) is 23.0. The maximum absolute atomic E-state index is 13.1. The second kappa shape index (κ2) is 9.01. The molecule has 3 rings (SSSR count). The van der Waals surface area contributed by atoms with E-state index in [9.17, 15) is 4.79 Å². The van der Waals surface area contributed by atoms with E-state index in [4.69, 9.17) is 13.9 Å². The largest absolute Gasteiger partial charge is 0.543 e. The maximum Gasteiger partial charge on any atom is 0.341 e. The number of unbranched alkanes of at least 4 members (excludes halogenated alkanes) is 2. The van der Waals surface area contributed by atoms with Crippen LogP contribution in [-0.2, 0) is 11.2 Å². The summed E-state index contributed by atoms with van der Waals surface area (Å²) in [4.78, 5) is 13.1. The van der Waals surface area contributed by atoms with Gasteiger partial charge in [-0.15, -0.1) is 0 Å². The molecular formula is C26H40O4Si. The molecule has 172 valence electrons. The molecule has 0 amide bonds. The third-order valence-electron chi connectivity index (χ3n) is 6.56. The molecule has 0 saturated carbocycles. The summed E-state index contributed by atoms with van der Waals surface area (Å²) in [5.41, 5.74) is 3.77. The first kappa shape index (κ1) is 23.9. The summed E-state index contributed by atoms with van der Waals surface area (Å²) in [6, 6.07) is 2.10. The Kier molecular flexibility index (Phi) is 6.95. The first-order valence-corrected chi connectivity index (χ1v) is 15.2. The molecular weight excluding hydrogens is 404 g/mol. The molecule has 2 aliphatic rings. The van der Waals surface area contributed by atoms with E-state index in [-0.39, 0.29) is 17.5 Å². The molecule has 2 atom stereocenters. The highest BCUT2D eigenvalue weighted by molar-refractivity contribution is 6.70. The second-order valence-electron chi connectivity index (χ2n) is 10.7. The predicted molar refractivity (Wildman–Crippen MR) is 129 cm³/mol. The molecule has 1 aromatic carbocycles. The van der Waals surface area contributed by atoms with Gasteiger partial charge < -0.3 is 13.9 Å². The van der Waals surface area contributed by atoms with Crippen molar-refractivity contribution in [1.29, 1.82) is 0 Å². The van der Waals surface area contributed by atoms with Crippen LogP contribution in [-0.4, -0.2) is 27.0 Å². The predicted octanol–water partition coefficient (Wildman–Crippen LogP) is 7.03. The van der Waals surface area contributed by atoms with Crippen molar-refractivity contribution in [2.24, 2.45) is 5.92 Å². The Balaban J connectivity index is 2.29. The van der Waals surface area contributed by atoms with Gasteiger partial charge in [-0.1, -0.05) is 31.4 Å². The van der Waals surface area contributed by atoms with Crippen molar-refractivity contribution in [2.45, 2.75) is 97.4 Å². The fourth-order valence-corrected chi connectivity index (χ4v) is 5.92. The van der Waals surface area contributed by atoms with Gasteiger partial charge in [0, 0.05) is 17.4 Å². The number of hydrogen-bond donors (Lipinski definition) is 0. The third kappa shape index (κ3) is 5.02. The molecule has 0 aromatic heterocycles. The van der Waals surface area contributed by atoms with Crippen LogP contribution in [0.1, 0.15) is 87.2 Å². The SMILES string of the molecule is CCCCCc1cc2c(c(O[Si](C)(C)C)c1C(=O)OC)[C@@H]1C=C(C)CC[C@H]1C(C)(C)O2. The lowest BCUT2D eigenvalue weighted by molar-refractivity contribution is 0.0109. The molecule has 0 N–H and O–H groups in total. The topological polar surface area (TPSA) is 44.8 Å². The standard InChI is InChI=1S/C26H40O4Si/c1-9-10-11-12-18-16-21-23(24(30-31(6,7)8)22(18)25(27)28-5)19-15-17(2)13-14-20(19)26(3,4)29-21/h15-16,19-20H,9-14H2,1-8H3/t19-,20-/m1/s1. The van der Waals surface area contributed by atoms with Crippen molar-refractivity contribution in [3.05, 3.63) is 34.4 Å². The fraction of sp³-hybridized carbons (Fsp3) is 0.654. The molecule has 4 nitrogen and oxygen atoms in total.